The monoisotopic (exact) mass is 521 g/mol. The summed E-state index contributed by atoms with van der Waals surface area (Å²) in [6, 6.07) is 11.0. The predicted octanol–water partition coefficient (Wildman–Crippen LogP) is 4.32. The van der Waals surface area contributed by atoms with Crippen LogP contribution in [-0.2, 0) is 0 Å². The minimum Gasteiger partial charge on any atom is -0.493 e. The van der Waals surface area contributed by atoms with E-state index < -0.39 is 0 Å². The van der Waals surface area contributed by atoms with Gasteiger partial charge in [0, 0.05) is 24.4 Å². The number of piperidine rings is 1. The third kappa shape index (κ3) is 4.82. The van der Waals surface area contributed by atoms with Gasteiger partial charge in [-0.1, -0.05) is 12.1 Å². The highest BCUT2D eigenvalue weighted by Crippen LogP contribution is 2.41. The van der Waals surface area contributed by atoms with E-state index in [1.165, 1.54) is 32.7 Å². The fourth-order valence-electron chi connectivity index (χ4n) is 4.53. The number of ether oxygens (including phenoxy) is 3. The van der Waals surface area contributed by atoms with Gasteiger partial charge < -0.3 is 24.1 Å². The van der Waals surface area contributed by atoms with Crippen LogP contribution in [0.3, 0.4) is 0 Å². The molecular weight excluding hydrogens is 494 g/mol. The fraction of sp³-hybridized carbons (Fsp3) is 0.308. The molecule has 0 radical (unpaired) electrons. The van der Waals surface area contributed by atoms with E-state index in [0.29, 0.717) is 47.5 Å². The number of benzene rings is 2. The van der Waals surface area contributed by atoms with Gasteiger partial charge in [-0.25, -0.2) is 9.97 Å². The summed E-state index contributed by atoms with van der Waals surface area (Å²) in [5.41, 5.74) is 2.42. The number of aromatic nitrogens is 3. The van der Waals surface area contributed by atoms with Crippen LogP contribution in [0, 0.1) is 0 Å². The van der Waals surface area contributed by atoms with Crippen molar-refractivity contribution >= 4 is 40.1 Å². The number of para-hydroxylation sites is 2. The third-order valence-corrected chi connectivity index (χ3v) is 7.45. The van der Waals surface area contributed by atoms with Gasteiger partial charge in [-0.3, -0.25) is 14.9 Å². The van der Waals surface area contributed by atoms with Crippen molar-refractivity contribution in [3.05, 3.63) is 58.0 Å². The quantitative estimate of drug-likeness (QED) is 0.372. The zero-order chi connectivity index (χ0) is 25.9. The number of thiazole rings is 1. The number of fused-ring (bicyclic) bond motifs is 1. The summed E-state index contributed by atoms with van der Waals surface area (Å²) in [7, 11) is 4.56. The lowest BCUT2D eigenvalue weighted by Gasteiger charge is -2.31. The average molecular weight is 522 g/mol. The Morgan fingerprint density at radius 2 is 1.76 bits per heavy atom. The van der Waals surface area contributed by atoms with Crippen LogP contribution in [-0.4, -0.2) is 66.1 Å². The van der Waals surface area contributed by atoms with Crippen LogP contribution in [0.5, 0.6) is 17.2 Å². The molecule has 0 unspecified atom stereocenters. The molecule has 4 aromatic rings. The molecule has 37 heavy (non-hydrogen) atoms. The summed E-state index contributed by atoms with van der Waals surface area (Å²) in [4.78, 5) is 39.9. The zero-order valence-corrected chi connectivity index (χ0v) is 21.6. The van der Waals surface area contributed by atoms with E-state index in [-0.39, 0.29) is 17.7 Å². The molecule has 2 amide bonds. The highest BCUT2D eigenvalue weighted by molar-refractivity contribution is 7.10. The minimum absolute atomic E-state index is 0.124. The number of hydrogen-bond donors (Lipinski definition) is 2. The SMILES string of the molecule is COc1ccc(C(=O)N2CCC(c3nc(C(=O)Nc4nc5ccccc5[nH]4)cs3)CC2)c(OC)c1OC. The zero-order valence-electron chi connectivity index (χ0n) is 20.7. The van der Waals surface area contributed by atoms with Gasteiger partial charge in [0.05, 0.1) is 42.9 Å². The van der Waals surface area contributed by atoms with E-state index in [9.17, 15) is 9.59 Å². The number of imidazole rings is 1. The third-order valence-electron chi connectivity index (χ3n) is 6.44. The van der Waals surface area contributed by atoms with Crippen molar-refractivity contribution in [3.8, 4) is 17.2 Å². The lowest BCUT2D eigenvalue weighted by atomic mass is 9.97. The first-order valence-electron chi connectivity index (χ1n) is 11.8. The number of hydrogen-bond acceptors (Lipinski definition) is 8. The van der Waals surface area contributed by atoms with Crippen LogP contribution < -0.4 is 19.5 Å². The second kappa shape index (κ2) is 10.5. The van der Waals surface area contributed by atoms with Gasteiger partial charge in [0.15, 0.2) is 11.5 Å². The molecule has 0 spiro atoms. The molecule has 10 nitrogen and oxygen atoms in total. The summed E-state index contributed by atoms with van der Waals surface area (Å²) in [5.74, 6) is 1.37. The summed E-state index contributed by atoms with van der Waals surface area (Å²) in [5, 5.41) is 5.44. The van der Waals surface area contributed by atoms with Crippen molar-refractivity contribution in [1.82, 2.24) is 19.9 Å². The number of aromatic amines is 1. The number of rotatable bonds is 7. The number of amides is 2. The topological polar surface area (TPSA) is 119 Å². The number of carbonyl (C=O) groups is 2. The van der Waals surface area contributed by atoms with E-state index >= 15 is 0 Å². The van der Waals surface area contributed by atoms with Gasteiger partial charge in [0.25, 0.3) is 11.8 Å². The first kappa shape index (κ1) is 24.6. The van der Waals surface area contributed by atoms with E-state index in [4.69, 9.17) is 14.2 Å². The van der Waals surface area contributed by atoms with Gasteiger partial charge in [-0.05, 0) is 37.1 Å². The fourth-order valence-corrected chi connectivity index (χ4v) is 5.50. The Kier molecular flexibility index (Phi) is 6.95. The maximum Gasteiger partial charge on any atom is 0.277 e. The molecule has 11 heteroatoms. The van der Waals surface area contributed by atoms with Crippen LogP contribution in [0.4, 0.5) is 5.95 Å². The number of nitrogens with one attached hydrogen (secondary N) is 2. The van der Waals surface area contributed by atoms with Crippen molar-refractivity contribution in [2.45, 2.75) is 18.8 Å². The molecule has 1 aliphatic heterocycles. The second-order valence-corrected chi connectivity index (χ2v) is 9.47. The number of nitrogens with zero attached hydrogens (tertiary/aromatic N) is 3. The Hall–Kier alpha value is -4.12. The molecule has 5 rings (SSSR count). The van der Waals surface area contributed by atoms with Crippen LogP contribution in [0.25, 0.3) is 11.0 Å². The van der Waals surface area contributed by atoms with Crippen molar-refractivity contribution in [3.63, 3.8) is 0 Å². The summed E-state index contributed by atoms with van der Waals surface area (Å²) in [6.07, 6.45) is 1.50. The van der Waals surface area contributed by atoms with Crippen LogP contribution in [0.2, 0.25) is 0 Å². The van der Waals surface area contributed by atoms with Crippen molar-refractivity contribution in [2.75, 3.05) is 39.7 Å². The Morgan fingerprint density at radius 3 is 2.46 bits per heavy atom. The molecule has 2 aromatic heterocycles. The lowest BCUT2D eigenvalue weighted by Crippen LogP contribution is -2.38. The number of H-pyrrole nitrogens is 1. The summed E-state index contributed by atoms with van der Waals surface area (Å²) in [6.45, 7) is 1.14. The Labute approximate surface area is 217 Å². The van der Waals surface area contributed by atoms with Crippen LogP contribution in [0.15, 0.2) is 41.8 Å². The molecule has 0 atom stereocenters. The largest absolute Gasteiger partial charge is 0.493 e. The van der Waals surface area contributed by atoms with E-state index in [1.807, 2.05) is 29.2 Å². The van der Waals surface area contributed by atoms with E-state index in [1.54, 1.807) is 17.5 Å². The number of likely N-dealkylation sites (tertiary alicyclic amines) is 1. The van der Waals surface area contributed by atoms with Gasteiger partial charge in [0.2, 0.25) is 11.7 Å². The smallest absolute Gasteiger partial charge is 0.277 e. The van der Waals surface area contributed by atoms with E-state index in [2.05, 4.69) is 20.3 Å². The molecule has 1 saturated heterocycles. The summed E-state index contributed by atoms with van der Waals surface area (Å²) >= 11 is 1.46. The molecule has 1 aliphatic rings. The predicted molar refractivity (Wildman–Crippen MR) is 140 cm³/mol. The second-order valence-electron chi connectivity index (χ2n) is 8.58. The number of carbonyl (C=O) groups excluding carboxylic acids is 2. The van der Waals surface area contributed by atoms with Gasteiger partial charge >= 0.3 is 0 Å². The first-order chi connectivity index (χ1) is 18.0. The van der Waals surface area contributed by atoms with Gasteiger partial charge in [-0.2, -0.15) is 0 Å². The van der Waals surface area contributed by atoms with Crippen molar-refractivity contribution in [1.29, 1.82) is 0 Å². The maximum absolute atomic E-state index is 13.3. The molecule has 192 valence electrons. The Balaban J connectivity index is 1.22. The van der Waals surface area contributed by atoms with Crippen LogP contribution >= 0.6 is 11.3 Å². The minimum atomic E-state index is -0.310. The van der Waals surface area contributed by atoms with E-state index in [0.717, 1.165) is 28.9 Å². The standard InChI is InChI=1S/C26H27N5O5S/c1-34-20-9-8-16(21(35-2)22(20)36-3)25(33)31-12-10-15(11-13-31)24-27-19(14-37-24)23(32)30-26-28-17-6-4-5-7-18(17)29-26/h4-9,14-15H,10-13H2,1-3H3,(H2,28,29,30,32). The average Bonchev–Trinajstić information content (AvgIpc) is 3.59. The first-order valence-corrected chi connectivity index (χ1v) is 12.7. The maximum atomic E-state index is 13.3. The molecule has 1 fully saturated rings. The molecule has 0 saturated carbocycles. The molecule has 2 aromatic carbocycles. The summed E-state index contributed by atoms with van der Waals surface area (Å²) < 4.78 is 16.2. The van der Waals surface area contributed by atoms with Crippen molar-refractivity contribution in [2.24, 2.45) is 0 Å². The molecule has 3 heterocycles. The molecular formula is C26H27N5O5S. The highest BCUT2D eigenvalue weighted by atomic mass is 32.1. The van der Waals surface area contributed by atoms with Crippen molar-refractivity contribution < 1.29 is 23.8 Å². The van der Waals surface area contributed by atoms with Gasteiger partial charge in [-0.15, -0.1) is 11.3 Å². The Bertz CT molecular complexity index is 1410. The number of methoxy groups -OCH3 is 3. The molecule has 0 bridgehead atoms. The normalized spacial score (nSPS) is 14.0. The highest BCUT2D eigenvalue weighted by Gasteiger charge is 2.30. The van der Waals surface area contributed by atoms with Crippen LogP contribution in [0.1, 0.15) is 44.6 Å². The molecule has 0 aliphatic carbocycles. The lowest BCUT2D eigenvalue weighted by molar-refractivity contribution is 0.0708. The Morgan fingerprint density at radius 1 is 1.00 bits per heavy atom. The molecule has 2 N–H and O–H groups in total. The van der Waals surface area contributed by atoms with Gasteiger partial charge in [0.1, 0.15) is 5.69 Å². The number of anilines is 1.